The molecule has 2 aromatic heterocycles. The molecule has 8 nitrogen and oxygen atoms in total. The van der Waals surface area contributed by atoms with Gasteiger partial charge in [-0.2, -0.15) is 0 Å². The quantitative estimate of drug-likeness (QED) is 0.226. The molecule has 0 spiro atoms. The monoisotopic (exact) mass is 554 g/mol. The molecule has 0 unspecified atom stereocenters. The third-order valence-electron chi connectivity index (χ3n) is 6.77. The van der Waals surface area contributed by atoms with Crippen molar-refractivity contribution >= 4 is 22.5 Å². The number of fused-ring (bicyclic) bond motifs is 1. The van der Waals surface area contributed by atoms with Crippen LogP contribution in [0, 0.1) is 6.92 Å². The second-order valence-electron chi connectivity index (χ2n) is 9.94. The van der Waals surface area contributed by atoms with Gasteiger partial charge in [-0.1, -0.05) is 41.2 Å². The minimum atomic E-state index is 0.395. The molecule has 0 bridgehead atoms. The highest BCUT2D eigenvalue weighted by Crippen LogP contribution is 2.34. The molecule has 8 heteroatoms. The van der Waals surface area contributed by atoms with Gasteiger partial charge in [-0.05, 0) is 69.0 Å². The Balaban J connectivity index is 0.00000122. The summed E-state index contributed by atoms with van der Waals surface area (Å²) in [5.41, 5.74) is 6.59. The summed E-state index contributed by atoms with van der Waals surface area (Å²) < 4.78 is 10.2. The SMILES string of the molecule is C=C(CC)N(C)CCCN(C)Cc1c[nH]c2ncnc(Nc3cc(OC)c(C)c(C(C)C)c3)c12.CC.CCOC. The lowest BCUT2D eigenvalue weighted by atomic mass is 9.96. The van der Waals surface area contributed by atoms with Gasteiger partial charge < -0.3 is 29.6 Å². The number of aromatic nitrogens is 3. The van der Waals surface area contributed by atoms with Crippen LogP contribution in [-0.4, -0.2) is 72.8 Å². The predicted octanol–water partition coefficient (Wildman–Crippen LogP) is 7.50. The third kappa shape index (κ3) is 10.1. The van der Waals surface area contributed by atoms with Crippen molar-refractivity contribution < 1.29 is 9.47 Å². The van der Waals surface area contributed by atoms with E-state index in [1.54, 1.807) is 20.5 Å². The Bertz CT molecular complexity index is 1160. The Kier molecular flexibility index (Phi) is 16.0. The molecular weight excluding hydrogens is 500 g/mol. The van der Waals surface area contributed by atoms with Crippen LogP contribution in [0.15, 0.2) is 36.9 Å². The fourth-order valence-electron chi connectivity index (χ4n) is 4.35. The lowest BCUT2D eigenvalue weighted by Gasteiger charge is -2.23. The van der Waals surface area contributed by atoms with Gasteiger partial charge in [0, 0.05) is 57.5 Å². The number of anilines is 2. The van der Waals surface area contributed by atoms with Gasteiger partial charge in [0.25, 0.3) is 0 Å². The van der Waals surface area contributed by atoms with E-state index in [9.17, 15) is 0 Å². The van der Waals surface area contributed by atoms with E-state index >= 15 is 0 Å². The van der Waals surface area contributed by atoms with Crippen LogP contribution in [0.5, 0.6) is 5.75 Å². The van der Waals surface area contributed by atoms with Gasteiger partial charge in [-0.25, -0.2) is 9.97 Å². The van der Waals surface area contributed by atoms with Crippen LogP contribution < -0.4 is 10.1 Å². The number of nitrogens with zero attached hydrogens (tertiary/aromatic N) is 4. The minimum absolute atomic E-state index is 0.395. The number of ether oxygens (including phenoxy) is 2. The molecule has 40 heavy (non-hydrogen) atoms. The van der Waals surface area contributed by atoms with E-state index in [-0.39, 0.29) is 0 Å². The Morgan fingerprint density at radius 2 is 1.77 bits per heavy atom. The van der Waals surface area contributed by atoms with Crippen LogP contribution in [0.3, 0.4) is 0 Å². The van der Waals surface area contributed by atoms with Crippen LogP contribution in [0.4, 0.5) is 11.5 Å². The molecule has 0 radical (unpaired) electrons. The van der Waals surface area contributed by atoms with Crippen molar-refractivity contribution in [3.8, 4) is 5.75 Å². The molecular formula is C32H54N6O2. The minimum Gasteiger partial charge on any atom is -0.496 e. The zero-order valence-electron chi connectivity index (χ0n) is 26.9. The van der Waals surface area contributed by atoms with E-state index in [1.165, 1.54) is 22.4 Å². The number of H-pyrrole nitrogens is 1. The highest BCUT2D eigenvalue weighted by Gasteiger charge is 2.16. The van der Waals surface area contributed by atoms with Crippen molar-refractivity contribution in [3.63, 3.8) is 0 Å². The number of rotatable bonds is 13. The standard InChI is InChI=1S/C27H40N6O.C3H8O.C2H6/c1-9-19(4)33(7)12-10-11-32(6)16-21-15-28-26-25(21)27(30-17-29-26)31-22-13-23(18(2)3)20(5)24(14-22)34-8;1-3-4-2;1-2/h13-15,17-18H,4,9-12,16H2,1-3,5-8H3,(H2,28,29,30,31);3H2,1-2H3;1-2H3. The van der Waals surface area contributed by atoms with Gasteiger partial charge in [-0.15, -0.1) is 0 Å². The Morgan fingerprint density at radius 3 is 2.35 bits per heavy atom. The third-order valence-corrected chi connectivity index (χ3v) is 6.77. The Labute approximate surface area is 243 Å². The van der Waals surface area contributed by atoms with Crippen LogP contribution in [0.2, 0.25) is 0 Å². The fraction of sp³-hybridized carbons (Fsp3) is 0.562. The number of methoxy groups -OCH3 is 2. The molecule has 0 aliphatic rings. The maximum Gasteiger partial charge on any atom is 0.143 e. The molecule has 3 rings (SSSR count). The summed E-state index contributed by atoms with van der Waals surface area (Å²) in [6.45, 7) is 22.4. The normalized spacial score (nSPS) is 10.6. The number of hydrogen-bond acceptors (Lipinski definition) is 7. The van der Waals surface area contributed by atoms with E-state index in [0.717, 1.165) is 67.4 Å². The smallest absolute Gasteiger partial charge is 0.143 e. The van der Waals surface area contributed by atoms with Gasteiger partial charge >= 0.3 is 0 Å². The Morgan fingerprint density at radius 1 is 1.10 bits per heavy atom. The van der Waals surface area contributed by atoms with Gasteiger partial charge in [0.05, 0.1) is 12.5 Å². The summed E-state index contributed by atoms with van der Waals surface area (Å²) in [6, 6.07) is 4.23. The molecule has 0 aliphatic carbocycles. The number of hydrogen-bond donors (Lipinski definition) is 2. The first-order valence-electron chi connectivity index (χ1n) is 14.5. The highest BCUT2D eigenvalue weighted by atomic mass is 16.5. The molecule has 0 saturated heterocycles. The van der Waals surface area contributed by atoms with Crippen molar-refractivity contribution in [1.29, 1.82) is 0 Å². The zero-order chi connectivity index (χ0) is 30.2. The summed E-state index contributed by atoms with van der Waals surface area (Å²) in [5.74, 6) is 2.07. The molecule has 1 aromatic carbocycles. The number of benzene rings is 1. The van der Waals surface area contributed by atoms with Crippen LogP contribution in [-0.2, 0) is 11.3 Å². The van der Waals surface area contributed by atoms with E-state index in [2.05, 4.69) is 89.2 Å². The molecule has 0 fully saturated rings. The van der Waals surface area contributed by atoms with Crippen molar-refractivity contribution in [3.05, 3.63) is 53.6 Å². The van der Waals surface area contributed by atoms with Gasteiger partial charge in [0.1, 0.15) is 23.5 Å². The summed E-state index contributed by atoms with van der Waals surface area (Å²) >= 11 is 0. The zero-order valence-corrected chi connectivity index (χ0v) is 26.9. The van der Waals surface area contributed by atoms with Gasteiger partial charge in [0.2, 0.25) is 0 Å². The highest BCUT2D eigenvalue weighted by molar-refractivity contribution is 5.92. The van der Waals surface area contributed by atoms with E-state index in [1.807, 2.05) is 33.0 Å². The van der Waals surface area contributed by atoms with Crippen LogP contribution in [0.1, 0.15) is 77.0 Å². The first-order chi connectivity index (χ1) is 19.2. The number of allylic oxidation sites excluding steroid dienone is 1. The molecule has 0 saturated carbocycles. The van der Waals surface area contributed by atoms with Crippen LogP contribution in [0.25, 0.3) is 11.0 Å². The van der Waals surface area contributed by atoms with Crippen molar-refractivity contribution in [2.45, 2.75) is 73.8 Å². The maximum atomic E-state index is 5.64. The molecule has 0 aliphatic heterocycles. The van der Waals surface area contributed by atoms with Crippen molar-refractivity contribution in [2.75, 3.05) is 53.3 Å². The lowest BCUT2D eigenvalue weighted by molar-refractivity contribution is 0.215. The van der Waals surface area contributed by atoms with Crippen LogP contribution >= 0.6 is 0 Å². The average Bonchev–Trinajstić information content (AvgIpc) is 3.37. The summed E-state index contributed by atoms with van der Waals surface area (Å²) in [5, 5.41) is 4.56. The second kappa shape index (κ2) is 18.3. The largest absolute Gasteiger partial charge is 0.496 e. The summed E-state index contributed by atoms with van der Waals surface area (Å²) in [7, 11) is 7.67. The van der Waals surface area contributed by atoms with E-state index in [4.69, 9.17) is 4.74 Å². The average molecular weight is 555 g/mol. The Hall–Kier alpha value is -3.10. The summed E-state index contributed by atoms with van der Waals surface area (Å²) in [4.78, 5) is 16.9. The van der Waals surface area contributed by atoms with Crippen molar-refractivity contribution in [2.24, 2.45) is 0 Å². The fourth-order valence-corrected chi connectivity index (χ4v) is 4.35. The second-order valence-corrected chi connectivity index (χ2v) is 9.94. The van der Waals surface area contributed by atoms with E-state index in [0.29, 0.717) is 5.92 Å². The summed E-state index contributed by atoms with van der Waals surface area (Å²) in [6.07, 6.45) is 5.71. The molecule has 0 amide bonds. The maximum absolute atomic E-state index is 5.64. The first kappa shape index (κ1) is 34.9. The number of nitrogens with one attached hydrogen (secondary N) is 2. The molecule has 2 N–H and O–H groups in total. The number of aromatic amines is 1. The molecule has 2 heterocycles. The first-order valence-corrected chi connectivity index (χ1v) is 14.5. The van der Waals surface area contributed by atoms with Gasteiger partial charge in [0.15, 0.2) is 0 Å². The van der Waals surface area contributed by atoms with Gasteiger partial charge in [-0.3, -0.25) is 0 Å². The molecule has 224 valence electrons. The lowest BCUT2D eigenvalue weighted by Crippen LogP contribution is -2.24. The van der Waals surface area contributed by atoms with E-state index < -0.39 is 0 Å². The predicted molar refractivity (Wildman–Crippen MR) is 171 cm³/mol. The molecule has 0 atom stereocenters. The molecule has 3 aromatic rings. The topological polar surface area (TPSA) is 78.5 Å². The van der Waals surface area contributed by atoms with Crippen molar-refractivity contribution in [1.82, 2.24) is 24.8 Å².